The van der Waals surface area contributed by atoms with Gasteiger partial charge >= 0.3 is 5.97 Å². The van der Waals surface area contributed by atoms with Crippen molar-refractivity contribution >= 4 is 34.6 Å². The minimum absolute atomic E-state index is 0.00711. The maximum Gasteiger partial charge on any atom is 0.324 e. The molecule has 2 aliphatic heterocycles. The summed E-state index contributed by atoms with van der Waals surface area (Å²) in [4.78, 5) is 62.5. The molecular weight excluding hydrogens is 789 g/mol. The van der Waals surface area contributed by atoms with Crippen LogP contribution in [0, 0.1) is 17.3 Å². The molecule has 3 aliphatic rings. The third kappa shape index (κ3) is 9.09. The molecule has 0 radical (unpaired) electrons. The van der Waals surface area contributed by atoms with Crippen molar-refractivity contribution in [1.29, 1.82) is 0 Å². The lowest BCUT2D eigenvalue weighted by Crippen LogP contribution is -2.62. The van der Waals surface area contributed by atoms with E-state index >= 15 is 0 Å². The summed E-state index contributed by atoms with van der Waals surface area (Å²) in [5.41, 5.74) is 9.67. The number of amides is 3. The Morgan fingerprint density at radius 3 is 2.56 bits per heavy atom. The molecule has 14 heteroatoms. The van der Waals surface area contributed by atoms with Gasteiger partial charge in [0.1, 0.15) is 23.9 Å². The van der Waals surface area contributed by atoms with Gasteiger partial charge in [-0.05, 0) is 104 Å². The van der Waals surface area contributed by atoms with Crippen LogP contribution < -0.4 is 10.7 Å². The van der Waals surface area contributed by atoms with Gasteiger partial charge in [-0.25, -0.2) is 5.43 Å². The summed E-state index contributed by atoms with van der Waals surface area (Å²) in [5.74, 6) is -2.17. The number of carbonyl (C=O) groups excluding carboxylic acids is 4. The van der Waals surface area contributed by atoms with Gasteiger partial charge in [0.05, 0.1) is 36.1 Å². The first-order chi connectivity index (χ1) is 29.5. The maximum atomic E-state index is 14.6. The number of hydrazine groups is 1. The van der Waals surface area contributed by atoms with Crippen molar-refractivity contribution in [2.75, 3.05) is 34.4 Å². The number of nitrogens with zero attached hydrogens (tertiary/aromatic N) is 4. The fraction of sp³-hybridized carbons (Fsp3) is 0.521. The highest BCUT2D eigenvalue weighted by atomic mass is 16.5. The molecule has 14 nitrogen and oxygen atoms in total. The maximum absolute atomic E-state index is 14.6. The fourth-order valence-electron chi connectivity index (χ4n) is 9.34. The number of pyridine rings is 1. The van der Waals surface area contributed by atoms with Gasteiger partial charge in [0.15, 0.2) is 0 Å². The van der Waals surface area contributed by atoms with E-state index in [9.17, 15) is 24.3 Å². The number of esters is 1. The molecule has 62 heavy (non-hydrogen) atoms. The Bertz CT molecular complexity index is 2340. The lowest BCUT2D eigenvalue weighted by atomic mass is 9.84. The lowest BCUT2D eigenvalue weighted by Gasteiger charge is -2.36. The number of methoxy groups -OCH3 is 2. The van der Waals surface area contributed by atoms with E-state index in [1.807, 2.05) is 39.0 Å². The number of nitrogens with one attached hydrogen (secondary N) is 2. The Labute approximate surface area is 364 Å². The van der Waals surface area contributed by atoms with Crippen LogP contribution in [-0.4, -0.2) is 107 Å². The molecule has 6 atom stereocenters. The topological polar surface area (TPSA) is 165 Å². The lowest BCUT2D eigenvalue weighted by molar-refractivity contribution is -0.155. The number of phenols is 1. The third-order valence-corrected chi connectivity index (χ3v) is 12.7. The molecule has 1 unspecified atom stereocenters. The van der Waals surface area contributed by atoms with Crippen LogP contribution in [0.25, 0.3) is 33.3 Å². The van der Waals surface area contributed by atoms with Crippen LogP contribution in [0.4, 0.5) is 0 Å². The molecular formula is C48H62N6O8. The summed E-state index contributed by atoms with van der Waals surface area (Å²) < 4.78 is 19.6. The van der Waals surface area contributed by atoms with Crippen molar-refractivity contribution in [2.24, 2.45) is 17.3 Å². The standard InChI is InChI=1S/C48H62N6O8/c1-10-53-39-16-15-30-23-34(39)36(43(53)33-13-11-17-49-41(33)28(4)60-8)25-48(5,6)26-62-47(59)37-14-12-18-54(51-37)46(58)38(21-29-19-31(30)22-32(55)20-29)50-44(56)42(27(2)3)52(7)45(57)35-24-40(35)61-9/h11,13,15-17,19-20,22-23,27-28,35,37-38,40,42,51,55H,10,12,14,18,21,24-26H2,1-9H3,(H,50,56)/t28-,35+,37-,38-,40-,42?/m0/s1. The normalized spacial score (nSPS) is 22.5. The zero-order valence-electron chi connectivity index (χ0n) is 37.5. The number of benzene rings is 2. The molecule has 2 fully saturated rings. The second-order valence-corrected chi connectivity index (χ2v) is 18.3. The number of hydrogen-bond acceptors (Lipinski definition) is 10. The van der Waals surface area contributed by atoms with Gasteiger partial charge < -0.3 is 34.1 Å². The van der Waals surface area contributed by atoms with Gasteiger partial charge in [-0.2, -0.15) is 0 Å². The zero-order valence-corrected chi connectivity index (χ0v) is 37.5. The molecule has 4 aromatic rings. The van der Waals surface area contributed by atoms with E-state index in [1.54, 1.807) is 39.6 Å². The number of fused-ring (bicyclic) bond motifs is 6. The van der Waals surface area contributed by atoms with Gasteiger partial charge in [-0.1, -0.05) is 39.8 Å². The van der Waals surface area contributed by atoms with Crippen LogP contribution in [0.2, 0.25) is 0 Å². The highest BCUT2D eigenvalue weighted by Gasteiger charge is 2.47. The molecule has 3 amide bonds. The number of aromatic nitrogens is 2. The third-order valence-electron chi connectivity index (χ3n) is 12.7. The summed E-state index contributed by atoms with van der Waals surface area (Å²) in [6, 6.07) is 12.7. The van der Waals surface area contributed by atoms with Crippen LogP contribution in [0.5, 0.6) is 5.75 Å². The first-order valence-electron chi connectivity index (χ1n) is 21.9. The summed E-state index contributed by atoms with van der Waals surface area (Å²) in [7, 11) is 4.86. The molecule has 3 N–H and O–H groups in total. The van der Waals surface area contributed by atoms with Crippen molar-refractivity contribution < 1.29 is 38.5 Å². The molecule has 7 rings (SSSR count). The molecule has 6 bridgehead atoms. The highest BCUT2D eigenvalue weighted by Crippen LogP contribution is 2.42. The predicted molar refractivity (Wildman–Crippen MR) is 236 cm³/mol. The number of likely N-dealkylation sites (N-methyl/N-ethyl adjacent to an activating group) is 1. The van der Waals surface area contributed by atoms with Gasteiger partial charge in [0.25, 0.3) is 5.91 Å². The zero-order chi connectivity index (χ0) is 44.6. The number of ether oxygens (including phenoxy) is 3. The molecule has 4 heterocycles. The Morgan fingerprint density at radius 1 is 1.10 bits per heavy atom. The average molecular weight is 851 g/mol. The number of hydrogen-bond donors (Lipinski definition) is 3. The van der Waals surface area contributed by atoms with E-state index in [0.29, 0.717) is 44.3 Å². The number of aromatic hydroxyl groups is 1. The van der Waals surface area contributed by atoms with E-state index in [2.05, 4.69) is 54.3 Å². The summed E-state index contributed by atoms with van der Waals surface area (Å²) in [5, 5.41) is 16.7. The molecule has 2 aromatic carbocycles. The van der Waals surface area contributed by atoms with Crippen molar-refractivity contribution in [3.8, 4) is 28.1 Å². The molecule has 2 aromatic heterocycles. The fourth-order valence-corrected chi connectivity index (χ4v) is 9.34. The van der Waals surface area contributed by atoms with E-state index in [0.717, 1.165) is 44.5 Å². The van der Waals surface area contributed by atoms with Gasteiger partial charge in [-0.15, -0.1) is 0 Å². The number of phenolic OH excluding ortho intramolecular Hbond substituents is 1. The van der Waals surface area contributed by atoms with Crippen LogP contribution >= 0.6 is 0 Å². The SMILES string of the molecule is CCn1c(-c2cccnc2[C@H](C)OC)c2c3cc(ccc31)-c1cc(O)cc(c1)C[C@H](NC(=O)C(C(C)C)N(C)C(=O)[C@@H]1C[C@@H]1OC)C(=O)N1CCC[C@H](N1)C(=O)OCC(C)(C)C2. The number of carbonyl (C=O) groups is 4. The molecule has 0 spiro atoms. The van der Waals surface area contributed by atoms with Crippen molar-refractivity contribution in [2.45, 2.75) is 111 Å². The first kappa shape index (κ1) is 44.7. The monoisotopic (exact) mass is 850 g/mol. The number of cyclic esters (lactones) is 1. The molecule has 332 valence electrons. The van der Waals surface area contributed by atoms with E-state index in [-0.39, 0.29) is 48.7 Å². The number of rotatable bonds is 10. The Balaban J connectivity index is 1.34. The van der Waals surface area contributed by atoms with E-state index in [4.69, 9.17) is 19.2 Å². The predicted octanol–water partition coefficient (Wildman–Crippen LogP) is 5.97. The summed E-state index contributed by atoms with van der Waals surface area (Å²) in [6.07, 6.45) is 3.48. The summed E-state index contributed by atoms with van der Waals surface area (Å²) in [6.45, 7) is 13.1. The summed E-state index contributed by atoms with van der Waals surface area (Å²) >= 11 is 0. The van der Waals surface area contributed by atoms with E-state index in [1.165, 1.54) is 9.91 Å². The Hall–Kier alpha value is -5.31. The van der Waals surface area contributed by atoms with Crippen LogP contribution in [0.15, 0.2) is 54.7 Å². The smallest absolute Gasteiger partial charge is 0.324 e. The van der Waals surface area contributed by atoms with Crippen molar-refractivity contribution in [3.05, 3.63) is 71.5 Å². The Kier molecular flexibility index (Phi) is 13.1. The first-order valence-corrected chi connectivity index (χ1v) is 21.9. The number of aryl methyl sites for hydroxylation is 1. The largest absolute Gasteiger partial charge is 0.508 e. The quantitative estimate of drug-likeness (QED) is 0.162. The van der Waals surface area contributed by atoms with Gasteiger partial charge in [0.2, 0.25) is 11.8 Å². The van der Waals surface area contributed by atoms with Crippen molar-refractivity contribution in [3.63, 3.8) is 0 Å². The van der Waals surface area contributed by atoms with Crippen molar-refractivity contribution in [1.82, 2.24) is 30.2 Å². The molecule has 1 aliphatic carbocycles. The molecule has 1 saturated carbocycles. The highest BCUT2D eigenvalue weighted by molar-refractivity contribution is 5.96. The minimum atomic E-state index is -1.12. The minimum Gasteiger partial charge on any atom is -0.508 e. The second-order valence-electron chi connectivity index (χ2n) is 18.3. The van der Waals surface area contributed by atoms with Gasteiger partial charge in [0, 0.05) is 68.9 Å². The van der Waals surface area contributed by atoms with Gasteiger partial charge in [-0.3, -0.25) is 29.2 Å². The van der Waals surface area contributed by atoms with Crippen LogP contribution in [0.1, 0.15) is 83.7 Å². The molecule has 1 saturated heterocycles. The second kappa shape index (κ2) is 18.2. The Morgan fingerprint density at radius 2 is 1.87 bits per heavy atom. The average Bonchev–Trinajstić information content (AvgIpc) is 3.99. The van der Waals surface area contributed by atoms with E-state index < -0.39 is 41.3 Å². The van der Waals surface area contributed by atoms with Crippen LogP contribution in [0.3, 0.4) is 0 Å². The van der Waals surface area contributed by atoms with Crippen LogP contribution in [-0.2, 0) is 52.8 Å².